The van der Waals surface area contributed by atoms with Crippen LogP contribution in [0.4, 0.5) is 5.69 Å². The number of hydrogen-bond acceptors (Lipinski definition) is 2. The fourth-order valence-corrected chi connectivity index (χ4v) is 2.20. The number of hydrogen-bond donors (Lipinski definition) is 2. The Labute approximate surface area is 115 Å². The first-order chi connectivity index (χ1) is 8.97. The van der Waals surface area contributed by atoms with E-state index in [0.717, 1.165) is 11.1 Å². The normalized spacial score (nSPS) is 10.3. The van der Waals surface area contributed by atoms with Crippen molar-refractivity contribution in [1.82, 2.24) is 4.98 Å². The first-order valence-corrected chi connectivity index (χ1v) is 6.12. The van der Waals surface area contributed by atoms with Crippen LogP contribution in [0.1, 0.15) is 21.6 Å². The second-order valence-electron chi connectivity index (χ2n) is 4.33. The number of H-pyrrole nitrogens is 1. The molecule has 0 aliphatic heterocycles. The number of anilines is 1. The van der Waals surface area contributed by atoms with E-state index < -0.39 is 5.91 Å². The van der Waals surface area contributed by atoms with Crippen LogP contribution in [0.25, 0.3) is 0 Å². The van der Waals surface area contributed by atoms with Crippen molar-refractivity contribution in [2.75, 3.05) is 5.32 Å². The van der Waals surface area contributed by atoms with Crippen LogP contribution >= 0.6 is 11.6 Å². The predicted molar refractivity (Wildman–Crippen MR) is 75.9 cm³/mol. The molecule has 1 aromatic heterocycles. The quantitative estimate of drug-likeness (QED) is 0.886. The van der Waals surface area contributed by atoms with Crippen molar-refractivity contribution in [3.05, 3.63) is 62.5 Å². The molecule has 1 aromatic carbocycles. The minimum absolute atomic E-state index is 0.198. The zero-order chi connectivity index (χ0) is 14.0. The maximum absolute atomic E-state index is 12.0. The third kappa shape index (κ3) is 3.03. The Kier molecular flexibility index (Phi) is 3.71. The van der Waals surface area contributed by atoms with Crippen LogP contribution in [0.2, 0.25) is 5.02 Å². The summed E-state index contributed by atoms with van der Waals surface area (Å²) >= 11 is 6.11. The van der Waals surface area contributed by atoms with Crippen LogP contribution in [0.5, 0.6) is 0 Å². The van der Waals surface area contributed by atoms with Gasteiger partial charge in [-0.05, 0) is 31.0 Å². The maximum Gasteiger partial charge on any atom is 0.272 e. The van der Waals surface area contributed by atoms with Crippen molar-refractivity contribution in [1.29, 1.82) is 0 Å². The smallest absolute Gasteiger partial charge is 0.272 e. The molecule has 0 saturated carbocycles. The number of nitrogens with one attached hydrogen (secondary N) is 2. The average molecular weight is 277 g/mol. The summed E-state index contributed by atoms with van der Waals surface area (Å²) in [5, 5.41) is 3.18. The summed E-state index contributed by atoms with van der Waals surface area (Å²) in [6.07, 6.45) is 1.43. The van der Waals surface area contributed by atoms with Crippen LogP contribution in [0.3, 0.4) is 0 Å². The molecule has 1 amide bonds. The molecule has 2 N–H and O–H groups in total. The molecule has 0 saturated heterocycles. The highest BCUT2D eigenvalue weighted by Gasteiger charge is 2.11. The topological polar surface area (TPSA) is 62.0 Å². The summed E-state index contributed by atoms with van der Waals surface area (Å²) in [6, 6.07) is 6.29. The summed E-state index contributed by atoms with van der Waals surface area (Å²) < 4.78 is 0. The number of halogens is 1. The number of aromatic amines is 1. The molecule has 2 rings (SSSR count). The number of aromatic nitrogens is 1. The lowest BCUT2D eigenvalue weighted by Crippen LogP contribution is -2.17. The van der Waals surface area contributed by atoms with E-state index in [1.165, 1.54) is 18.3 Å². The Morgan fingerprint density at radius 2 is 2.00 bits per heavy atom. The molecule has 98 valence electrons. The number of benzene rings is 1. The van der Waals surface area contributed by atoms with E-state index in [9.17, 15) is 9.59 Å². The van der Waals surface area contributed by atoms with Gasteiger partial charge in [-0.25, -0.2) is 0 Å². The van der Waals surface area contributed by atoms with Gasteiger partial charge in [0, 0.05) is 18.3 Å². The summed E-state index contributed by atoms with van der Waals surface area (Å²) in [7, 11) is 0. The van der Waals surface area contributed by atoms with E-state index in [2.05, 4.69) is 10.3 Å². The highest BCUT2D eigenvalue weighted by Crippen LogP contribution is 2.27. The van der Waals surface area contributed by atoms with Crippen molar-refractivity contribution in [2.24, 2.45) is 0 Å². The van der Waals surface area contributed by atoms with Gasteiger partial charge in [-0.2, -0.15) is 0 Å². The molecule has 0 spiro atoms. The van der Waals surface area contributed by atoms with E-state index in [4.69, 9.17) is 11.6 Å². The van der Waals surface area contributed by atoms with Gasteiger partial charge in [-0.1, -0.05) is 17.7 Å². The lowest BCUT2D eigenvalue weighted by atomic mass is 10.1. The number of amides is 1. The van der Waals surface area contributed by atoms with Crippen molar-refractivity contribution in [2.45, 2.75) is 13.8 Å². The van der Waals surface area contributed by atoms with E-state index in [0.29, 0.717) is 10.7 Å². The lowest BCUT2D eigenvalue weighted by Gasteiger charge is -2.11. The second kappa shape index (κ2) is 5.28. The van der Waals surface area contributed by atoms with Crippen LogP contribution in [-0.2, 0) is 0 Å². The zero-order valence-electron chi connectivity index (χ0n) is 10.6. The van der Waals surface area contributed by atoms with Crippen molar-refractivity contribution < 1.29 is 4.79 Å². The molecule has 0 aliphatic rings. The van der Waals surface area contributed by atoms with E-state index in [1.807, 2.05) is 19.9 Å². The summed E-state index contributed by atoms with van der Waals surface area (Å²) in [6.45, 7) is 3.79. The molecule has 0 atom stereocenters. The molecule has 2 aromatic rings. The van der Waals surface area contributed by atoms with Gasteiger partial charge in [0.05, 0.1) is 10.7 Å². The molecule has 0 fully saturated rings. The van der Waals surface area contributed by atoms with Gasteiger partial charge in [-0.15, -0.1) is 0 Å². The van der Waals surface area contributed by atoms with Gasteiger partial charge in [0.15, 0.2) is 5.43 Å². The minimum atomic E-state index is -0.397. The van der Waals surface area contributed by atoms with Gasteiger partial charge in [0.25, 0.3) is 5.91 Å². The fraction of sp³-hybridized carbons (Fsp3) is 0.143. The Balaban J connectivity index is 2.32. The Morgan fingerprint density at radius 3 is 2.63 bits per heavy atom. The predicted octanol–water partition coefficient (Wildman–Crippen LogP) is 2.90. The Bertz CT molecular complexity index is 669. The fourth-order valence-electron chi connectivity index (χ4n) is 1.83. The summed E-state index contributed by atoms with van der Waals surface area (Å²) in [5.74, 6) is -0.397. The molecular formula is C14H13ClN2O2. The minimum Gasteiger partial charge on any atom is -0.357 e. The van der Waals surface area contributed by atoms with Gasteiger partial charge in [0.2, 0.25) is 0 Å². The highest BCUT2D eigenvalue weighted by atomic mass is 35.5. The van der Waals surface area contributed by atoms with Crippen LogP contribution in [0, 0.1) is 13.8 Å². The molecule has 1 heterocycles. The third-order valence-electron chi connectivity index (χ3n) is 2.69. The van der Waals surface area contributed by atoms with Crippen molar-refractivity contribution in [3.63, 3.8) is 0 Å². The maximum atomic E-state index is 12.0. The van der Waals surface area contributed by atoms with Crippen molar-refractivity contribution in [3.8, 4) is 0 Å². The molecule has 19 heavy (non-hydrogen) atoms. The molecule has 0 unspecified atom stereocenters. The molecule has 0 aliphatic carbocycles. The molecule has 0 radical (unpaired) electrons. The molecule has 0 bridgehead atoms. The van der Waals surface area contributed by atoms with Gasteiger partial charge < -0.3 is 10.3 Å². The van der Waals surface area contributed by atoms with Crippen LogP contribution in [-0.4, -0.2) is 10.9 Å². The highest BCUT2D eigenvalue weighted by molar-refractivity contribution is 6.34. The van der Waals surface area contributed by atoms with Crippen LogP contribution in [0.15, 0.2) is 35.3 Å². The standard InChI is InChI=1S/C14H13ClN2O2/c1-8-5-9(2)13(11(15)6-8)17-14(19)12-7-10(18)3-4-16-12/h3-7H,1-2H3,(H,16,18)(H,17,19). The van der Waals surface area contributed by atoms with Gasteiger partial charge in [0.1, 0.15) is 5.69 Å². The zero-order valence-corrected chi connectivity index (χ0v) is 11.3. The first-order valence-electron chi connectivity index (χ1n) is 5.74. The lowest BCUT2D eigenvalue weighted by molar-refractivity contribution is 0.102. The van der Waals surface area contributed by atoms with E-state index >= 15 is 0 Å². The van der Waals surface area contributed by atoms with E-state index in [1.54, 1.807) is 6.07 Å². The largest absolute Gasteiger partial charge is 0.357 e. The molecule has 4 nitrogen and oxygen atoms in total. The SMILES string of the molecule is Cc1cc(C)c(NC(=O)c2cc(=O)cc[nH]2)c(Cl)c1. The number of carbonyl (C=O) groups excluding carboxylic acids is 1. The Morgan fingerprint density at radius 1 is 1.26 bits per heavy atom. The monoisotopic (exact) mass is 276 g/mol. The molecular weight excluding hydrogens is 264 g/mol. The first kappa shape index (κ1) is 13.4. The van der Waals surface area contributed by atoms with Gasteiger partial charge >= 0.3 is 0 Å². The third-order valence-corrected chi connectivity index (χ3v) is 2.99. The van der Waals surface area contributed by atoms with Crippen LogP contribution < -0.4 is 10.7 Å². The Hall–Kier alpha value is -2.07. The summed E-state index contributed by atoms with van der Waals surface area (Å²) in [5.41, 5.74) is 2.42. The second-order valence-corrected chi connectivity index (χ2v) is 4.74. The number of rotatable bonds is 2. The summed E-state index contributed by atoms with van der Waals surface area (Å²) in [4.78, 5) is 25.9. The van der Waals surface area contributed by atoms with Gasteiger partial charge in [-0.3, -0.25) is 9.59 Å². The van der Waals surface area contributed by atoms with Crippen molar-refractivity contribution >= 4 is 23.2 Å². The molecule has 5 heteroatoms. The number of carbonyl (C=O) groups is 1. The number of pyridine rings is 1. The average Bonchev–Trinajstić information content (AvgIpc) is 2.33. The van der Waals surface area contributed by atoms with E-state index in [-0.39, 0.29) is 11.1 Å². The number of aryl methyl sites for hydroxylation is 2.